The summed E-state index contributed by atoms with van der Waals surface area (Å²) in [6.45, 7) is 1.68. The van der Waals surface area contributed by atoms with Crippen LogP contribution in [0.4, 0.5) is 10.5 Å². The van der Waals surface area contributed by atoms with Crippen molar-refractivity contribution < 1.29 is 19.1 Å². The normalized spacial score (nSPS) is 24.7. The molecule has 0 bridgehead atoms. The molecule has 0 aromatic heterocycles. The van der Waals surface area contributed by atoms with Crippen LogP contribution in [0, 0.1) is 0 Å². The van der Waals surface area contributed by atoms with Crippen molar-refractivity contribution in [3.63, 3.8) is 0 Å². The molecule has 2 aliphatic rings. The lowest BCUT2D eigenvalue weighted by molar-refractivity contribution is -0.118. The Kier molecular flexibility index (Phi) is 4.18. The molecule has 1 saturated carbocycles. The summed E-state index contributed by atoms with van der Waals surface area (Å²) < 4.78 is 10.8. The van der Waals surface area contributed by atoms with Crippen molar-refractivity contribution in [3.05, 3.63) is 24.3 Å². The Morgan fingerprint density at radius 3 is 2.55 bits per heavy atom. The van der Waals surface area contributed by atoms with E-state index in [2.05, 4.69) is 10.6 Å². The monoisotopic (exact) mass is 304 g/mol. The number of carbonyl (C=O) groups excluding carboxylic acids is 2. The van der Waals surface area contributed by atoms with Gasteiger partial charge in [-0.05, 0) is 56.9 Å². The van der Waals surface area contributed by atoms with Crippen molar-refractivity contribution in [2.75, 3.05) is 5.32 Å². The summed E-state index contributed by atoms with van der Waals surface area (Å²) in [6.07, 6.45) is 3.95. The fourth-order valence-corrected chi connectivity index (χ4v) is 2.83. The van der Waals surface area contributed by atoms with Crippen LogP contribution >= 0.6 is 0 Å². The lowest BCUT2D eigenvalue weighted by Gasteiger charge is -2.15. The molecule has 0 spiro atoms. The van der Waals surface area contributed by atoms with Gasteiger partial charge in [0, 0.05) is 5.69 Å². The van der Waals surface area contributed by atoms with Crippen LogP contribution in [0.2, 0.25) is 0 Å². The Morgan fingerprint density at radius 2 is 1.95 bits per heavy atom. The molecule has 1 saturated heterocycles. The highest BCUT2D eigenvalue weighted by atomic mass is 16.6. The van der Waals surface area contributed by atoms with E-state index in [1.165, 1.54) is 12.8 Å². The molecule has 0 radical (unpaired) electrons. The Hall–Kier alpha value is -2.24. The molecule has 118 valence electrons. The van der Waals surface area contributed by atoms with Gasteiger partial charge in [0.15, 0.2) is 0 Å². The van der Waals surface area contributed by atoms with Crippen molar-refractivity contribution in [1.82, 2.24) is 5.32 Å². The SMILES string of the molecule is CC1OC(=O)NC1C(=O)Nc1ccc(OC2CCCC2)cc1. The Balaban J connectivity index is 1.56. The molecule has 22 heavy (non-hydrogen) atoms. The van der Waals surface area contributed by atoms with E-state index in [9.17, 15) is 9.59 Å². The van der Waals surface area contributed by atoms with Crippen LogP contribution in [0.15, 0.2) is 24.3 Å². The number of alkyl carbamates (subject to hydrolysis) is 1. The second-order valence-electron chi connectivity index (χ2n) is 5.77. The molecule has 1 heterocycles. The van der Waals surface area contributed by atoms with Crippen LogP contribution in [0.3, 0.4) is 0 Å². The molecule has 1 aliphatic heterocycles. The van der Waals surface area contributed by atoms with Crippen molar-refractivity contribution in [3.8, 4) is 5.75 Å². The number of rotatable bonds is 4. The first-order valence-corrected chi connectivity index (χ1v) is 7.66. The van der Waals surface area contributed by atoms with Crippen LogP contribution < -0.4 is 15.4 Å². The number of nitrogens with one attached hydrogen (secondary N) is 2. The smallest absolute Gasteiger partial charge is 0.408 e. The second-order valence-corrected chi connectivity index (χ2v) is 5.77. The summed E-state index contributed by atoms with van der Waals surface area (Å²) >= 11 is 0. The Labute approximate surface area is 129 Å². The predicted octanol–water partition coefficient (Wildman–Crippen LogP) is 2.44. The molecule has 2 amide bonds. The van der Waals surface area contributed by atoms with E-state index >= 15 is 0 Å². The predicted molar refractivity (Wildman–Crippen MR) is 80.8 cm³/mol. The summed E-state index contributed by atoms with van der Waals surface area (Å²) in [5, 5.41) is 5.25. The van der Waals surface area contributed by atoms with Gasteiger partial charge in [0.05, 0.1) is 6.10 Å². The van der Waals surface area contributed by atoms with E-state index in [1.807, 2.05) is 12.1 Å². The fraction of sp³-hybridized carbons (Fsp3) is 0.500. The van der Waals surface area contributed by atoms with Gasteiger partial charge in [0.1, 0.15) is 17.9 Å². The van der Waals surface area contributed by atoms with Crippen molar-refractivity contribution >= 4 is 17.7 Å². The first-order chi connectivity index (χ1) is 10.6. The maximum atomic E-state index is 12.1. The van der Waals surface area contributed by atoms with Gasteiger partial charge in [0.2, 0.25) is 0 Å². The molecule has 1 aromatic rings. The minimum atomic E-state index is -0.665. The fourth-order valence-electron chi connectivity index (χ4n) is 2.83. The van der Waals surface area contributed by atoms with Crippen molar-refractivity contribution in [2.45, 2.75) is 50.9 Å². The molecule has 6 heteroatoms. The zero-order valence-corrected chi connectivity index (χ0v) is 12.5. The number of benzene rings is 1. The number of amides is 2. The average Bonchev–Trinajstić information content (AvgIpc) is 3.10. The number of hydrogen-bond acceptors (Lipinski definition) is 4. The quantitative estimate of drug-likeness (QED) is 0.895. The molecule has 2 unspecified atom stereocenters. The van der Waals surface area contributed by atoms with Crippen molar-refractivity contribution in [2.24, 2.45) is 0 Å². The first-order valence-electron chi connectivity index (χ1n) is 7.66. The minimum Gasteiger partial charge on any atom is -0.490 e. The van der Waals surface area contributed by atoms with E-state index < -0.39 is 18.2 Å². The highest BCUT2D eigenvalue weighted by Crippen LogP contribution is 2.25. The van der Waals surface area contributed by atoms with Crippen molar-refractivity contribution in [1.29, 1.82) is 0 Å². The molecule has 2 N–H and O–H groups in total. The number of hydrogen-bond donors (Lipinski definition) is 2. The van der Waals surface area contributed by atoms with Gasteiger partial charge in [-0.25, -0.2) is 4.79 Å². The van der Waals surface area contributed by atoms with Crippen LogP contribution in [0.1, 0.15) is 32.6 Å². The van der Waals surface area contributed by atoms with Gasteiger partial charge >= 0.3 is 6.09 Å². The number of cyclic esters (lactones) is 1. The molecular formula is C16H20N2O4. The largest absolute Gasteiger partial charge is 0.490 e. The summed E-state index contributed by atoms with van der Waals surface area (Å²) in [5.41, 5.74) is 0.664. The van der Waals surface area contributed by atoms with Gasteiger partial charge in [-0.15, -0.1) is 0 Å². The van der Waals surface area contributed by atoms with Crippen LogP contribution in [-0.2, 0) is 9.53 Å². The third kappa shape index (κ3) is 3.32. The minimum absolute atomic E-state index is 0.289. The third-order valence-electron chi connectivity index (χ3n) is 4.04. The average molecular weight is 304 g/mol. The highest BCUT2D eigenvalue weighted by Gasteiger charge is 2.36. The second kappa shape index (κ2) is 6.25. The molecule has 1 aromatic carbocycles. The maximum absolute atomic E-state index is 12.1. The van der Waals surface area contributed by atoms with E-state index in [-0.39, 0.29) is 5.91 Å². The van der Waals surface area contributed by atoms with Gasteiger partial charge in [-0.3, -0.25) is 4.79 Å². The van der Waals surface area contributed by atoms with Crippen LogP contribution in [0.5, 0.6) is 5.75 Å². The first kappa shape index (κ1) is 14.7. The zero-order chi connectivity index (χ0) is 15.5. The van der Waals surface area contributed by atoms with Gasteiger partial charge in [-0.2, -0.15) is 0 Å². The van der Waals surface area contributed by atoms with Gasteiger partial charge in [-0.1, -0.05) is 0 Å². The number of ether oxygens (including phenoxy) is 2. The third-order valence-corrected chi connectivity index (χ3v) is 4.04. The van der Waals surface area contributed by atoms with Crippen LogP contribution in [0.25, 0.3) is 0 Å². The standard InChI is InChI=1S/C16H20N2O4/c1-10-14(18-16(20)21-10)15(19)17-11-6-8-13(9-7-11)22-12-4-2-3-5-12/h6-10,12,14H,2-5H2,1H3,(H,17,19)(H,18,20). The summed E-state index contributed by atoms with van der Waals surface area (Å²) in [4.78, 5) is 23.2. The Morgan fingerprint density at radius 1 is 1.27 bits per heavy atom. The molecular weight excluding hydrogens is 284 g/mol. The zero-order valence-electron chi connectivity index (χ0n) is 12.5. The van der Waals surface area contributed by atoms with Gasteiger partial charge < -0.3 is 20.1 Å². The molecule has 2 fully saturated rings. The molecule has 6 nitrogen and oxygen atoms in total. The summed E-state index contributed by atoms with van der Waals surface area (Å²) in [6, 6.07) is 6.62. The van der Waals surface area contributed by atoms with Gasteiger partial charge in [0.25, 0.3) is 5.91 Å². The Bertz CT molecular complexity index is 552. The number of carbonyl (C=O) groups is 2. The summed E-state index contributed by atoms with van der Waals surface area (Å²) in [5.74, 6) is 0.526. The van der Waals surface area contributed by atoms with E-state index in [4.69, 9.17) is 9.47 Å². The number of anilines is 1. The van der Waals surface area contributed by atoms with E-state index in [0.29, 0.717) is 11.8 Å². The summed E-state index contributed by atoms with van der Waals surface area (Å²) in [7, 11) is 0. The van der Waals surface area contributed by atoms with E-state index in [0.717, 1.165) is 18.6 Å². The molecule has 2 atom stereocenters. The topological polar surface area (TPSA) is 76.7 Å². The highest BCUT2D eigenvalue weighted by molar-refractivity contribution is 5.98. The lowest BCUT2D eigenvalue weighted by Crippen LogP contribution is -2.41. The molecule has 1 aliphatic carbocycles. The van der Waals surface area contributed by atoms with E-state index in [1.54, 1.807) is 19.1 Å². The maximum Gasteiger partial charge on any atom is 0.408 e. The molecule has 3 rings (SSSR count). The van der Waals surface area contributed by atoms with Crippen LogP contribution in [-0.4, -0.2) is 30.3 Å². The lowest BCUT2D eigenvalue weighted by atomic mass is 10.2.